The van der Waals surface area contributed by atoms with Gasteiger partial charge in [0.25, 0.3) is 0 Å². The summed E-state index contributed by atoms with van der Waals surface area (Å²) in [7, 11) is 0. The zero-order chi connectivity index (χ0) is 9.97. The molecule has 0 saturated heterocycles. The Hall–Kier alpha value is -1.90. The second kappa shape index (κ2) is 3.46. The third kappa shape index (κ3) is 1.57. The molecule has 70 valence electrons. The van der Waals surface area contributed by atoms with E-state index >= 15 is 0 Å². The van der Waals surface area contributed by atoms with Crippen LogP contribution in [-0.4, -0.2) is 10.1 Å². The van der Waals surface area contributed by atoms with Gasteiger partial charge in [0.2, 0.25) is 0 Å². The molecule has 2 aromatic rings. The molecule has 0 aliphatic carbocycles. The SMILES string of the molecule is Oc1cc(F)cnc1-c1ccccc1. The van der Waals surface area contributed by atoms with E-state index < -0.39 is 5.82 Å². The van der Waals surface area contributed by atoms with Gasteiger partial charge in [0.05, 0.1) is 6.20 Å². The molecule has 0 amide bonds. The standard InChI is InChI=1S/C11H8FNO/c12-9-6-10(14)11(13-7-9)8-4-2-1-3-5-8/h1-7,14H. The van der Waals surface area contributed by atoms with Gasteiger partial charge in [0.15, 0.2) is 0 Å². The van der Waals surface area contributed by atoms with E-state index in [4.69, 9.17) is 0 Å². The Balaban J connectivity index is 2.53. The lowest BCUT2D eigenvalue weighted by atomic mass is 10.1. The Bertz CT molecular complexity index is 442. The van der Waals surface area contributed by atoms with Crippen LogP contribution in [0.25, 0.3) is 11.3 Å². The minimum atomic E-state index is -0.540. The van der Waals surface area contributed by atoms with Crippen LogP contribution in [0, 0.1) is 5.82 Å². The summed E-state index contributed by atoms with van der Waals surface area (Å²) < 4.78 is 12.6. The normalized spacial score (nSPS) is 10.1. The van der Waals surface area contributed by atoms with E-state index in [0.717, 1.165) is 17.8 Å². The van der Waals surface area contributed by atoms with Crippen molar-refractivity contribution >= 4 is 0 Å². The first-order valence-electron chi connectivity index (χ1n) is 4.17. The molecule has 0 fully saturated rings. The third-order valence-corrected chi connectivity index (χ3v) is 1.88. The van der Waals surface area contributed by atoms with Gasteiger partial charge in [-0.25, -0.2) is 9.37 Å². The zero-order valence-electron chi connectivity index (χ0n) is 7.31. The Morgan fingerprint density at radius 3 is 2.50 bits per heavy atom. The van der Waals surface area contributed by atoms with Gasteiger partial charge < -0.3 is 5.11 Å². The number of aromatic nitrogens is 1. The number of benzene rings is 1. The number of rotatable bonds is 1. The molecule has 2 rings (SSSR count). The summed E-state index contributed by atoms with van der Waals surface area (Å²) >= 11 is 0. The molecular formula is C11H8FNO. The second-order valence-electron chi connectivity index (χ2n) is 2.89. The lowest BCUT2D eigenvalue weighted by molar-refractivity contribution is 0.468. The van der Waals surface area contributed by atoms with Crippen molar-refractivity contribution in [2.75, 3.05) is 0 Å². The van der Waals surface area contributed by atoms with Crippen molar-refractivity contribution in [2.45, 2.75) is 0 Å². The van der Waals surface area contributed by atoms with Gasteiger partial charge in [0, 0.05) is 11.6 Å². The average Bonchev–Trinajstić information content (AvgIpc) is 2.19. The molecule has 0 spiro atoms. The van der Waals surface area contributed by atoms with Crippen molar-refractivity contribution in [3.63, 3.8) is 0 Å². The molecule has 1 N–H and O–H groups in total. The maximum absolute atomic E-state index is 12.6. The number of pyridine rings is 1. The Morgan fingerprint density at radius 1 is 1.14 bits per heavy atom. The molecule has 0 bridgehead atoms. The summed E-state index contributed by atoms with van der Waals surface area (Å²) in [5.41, 5.74) is 1.16. The lowest BCUT2D eigenvalue weighted by Gasteiger charge is -2.02. The summed E-state index contributed by atoms with van der Waals surface area (Å²) in [6.07, 6.45) is 1.09. The van der Waals surface area contributed by atoms with E-state index in [2.05, 4.69) is 4.98 Å². The van der Waals surface area contributed by atoms with Crippen LogP contribution in [0.4, 0.5) is 4.39 Å². The fourth-order valence-corrected chi connectivity index (χ4v) is 1.25. The number of aromatic hydroxyl groups is 1. The van der Waals surface area contributed by atoms with Gasteiger partial charge in [-0.15, -0.1) is 0 Å². The van der Waals surface area contributed by atoms with Gasteiger partial charge in [-0.1, -0.05) is 30.3 Å². The van der Waals surface area contributed by atoms with Gasteiger partial charge in [-0.05, 0) is 0 Å². The molecule has 0 aliphatic heterocycles. The smallest absolute Gasteiger partial charge is 0.145 e. The maximum Gasteiger partial charge on any atom is 0.145 e. The number of nitrogens with zero attached hydrogens (tertiary/aromatic N) is 1. The van der Waals surface area contributed by atoms with Crippen molar-refractivity contribution in [1.82, 2.24) is 4.98 Å². The van der Waals surface area contributed by atoms with Crippen molar-refractivity contribution in [3.05, 3.63) is 48.4 Å². The molecule has 0 atom stereocenters. The summed E-state index contributed by atoms with van der Waals surface area (Å²) in [4.78, 5) is 3.82. The largest absolute Gasteiger partial charge is 0.506 e. The molecule has 3 heteroatoms. The highest BCUT2D eigenvalue weighted by molar-refractivity contribution is 5.65. The molecule has 2 nitrogen and oxygen atoms in total. The van der Waals surface area contributed by atoms with E-state index in [-0.39, 0.29) is 5.75 Å². The molecular weight excluding hydrogens is 181 g/mol. The minimum absolute atomic E-state index is 0.142. The summed E-state index contributed by atoms with van der Waals surface area (Å²) in [6.45, 7) is 0. The second-order valence-corrected chi connectivity index (χ2v) is 2.89. The van der Waals surface area contributed by atoms with Crippen LogP contribution >= 0.6 is 0 Å². The third-order valence-electron chi connectivity index (χ3n) is 1.88. The monoisotopic (exact) mass is 189 g/mol. The predicted molar refractivity (Wildman–Crippen MR) is 51.3 cm³/mol. The van der Waals surface area contributed by atoms with Crippen LogP contribution in [0.1, 0.15) is 0 Å². The Morgan fingerprint density at radius 2 is 1.86 bits per heavy atom. The van der Waals surface area contributed by atoms with Gasteiger partial charge in [-0.3, -0.25) is 0 Å². The number of hydrogen-bond donors (Lipinski definition) is 1. The topological polar surface area (TPSA) is 33.1 Å². The summed E-state index contributed by atoms with van der Waals surface area (Å²) in [6, 6.07) is 10.2. The summed E-state index contributed by atoms with van der Waals surface area (Å²) in [5, 5.41) is 9.44. The number of halogens is 1. The first-order valence-corrected chi connectivity index (χ1v) is 4.17. The van der Waals surface area contributed by atoms with Crippen LogP contribution in [0.2, 0.25) is 0 Å². The van der Waals surface area contributed by atoms with Gasteiger partial charge in [0.1, 0.15) is 17.3 Å². The molecule has 14 heavy (non-hydrogen) atoms. The minimum Gasteiger partial charge on any atom is -0.506 e. The fourth-order valence-electron chi connectivity index (χ4n) is 1.25. The highest BCUT2D eigenvalue weighted by Crippen LogP contribution is 2.26. The number of hydrogen-bond acceptors (Lipinski definition) is 2. The first kappa shape index (κ1) is 8.69. The van der Waals surface area contributed by atoms with Gasteiger partial charge in [-0.2, -0.15) is 0 Å². The highest BCUT2D eigenvalue weighted by Gasteiger charge is 2.05. The van der Waals surface area contributed by atoms with E-state index in [1.165, 1.54) is 0 Å². The molecule has 0 aliphatic rings. The highest BCUT2D eigenvalue weighted by atomic mass is 19.1. The van der Waals surface area contributed by atoms with Crippen molar-refractivity contribution in [3.8, 4) is 17.0 Å². The van der Waals surface area contributed by atoms with E-state index in [1.807, 2.05) is 18.2 Å². The molecule has 0 unspecified atom stereocenters. The zero-order valence-corrected chi connectivity index (χ0v) is 7.31. The molecule has 1 aromatic heterocycles. The van der Waals surface area contributed by atoms with Crippen LogP contribution in [0.15, 0.2) is 42.6 Å². The van der Waals surface area contributed by atoms with Gasteiger partial charge >= 0.3 is 0 Å². The summed E-state index contributed by atoms with van der Waals surface area (Å²) in [5.74, 6) is -0.682. The van der Waals surface area contributed by atoms with Crippen molar-refractivity contribution in [1.29, 1.82) is 0 Å². The molecule has 1 heterocycles. The maximum atomic E-state index is 12.6. The van der Waals surface area contributed by atoms with Crippen molar-refractivity contribution in [2.24, 2.45) is 0 Å². The first-order chi connectivity index (χ1) is 6.77. The lowest BCUT2D eigenvalue weighted by Crippen LogP contribution is -1.85. The van der Waals surface area contributed by atoms with Crippen LogP contribution in [0.3, 0.4) is 0 Å². The van der Waals surface area contributed by atoms with E-state index in [1.54, 1.807) is 12.1 Å². The Kier molecular flexibility index (Phi) is 2.14. The van der Waals surface area contributed by atoms with Crippen LogP contribution in [-0.2, 0) is 0 Å². The molecule has 0 saturated carbocycles. The molecule has 1 aromatic carbocycles. The fraction of sp³-hybridized carbons (Fsp3) is 0. The quantitative estimate of drug-likeness (QED) is 0.747. The van der Waals surface area contributed by atoms with Crippen LogP contribution < -0.4 is 0 Å². The average molecular weight is 189 g/mol. The Labute approximate surface area is 80.7 Å². The van der Waals surface area contributed by atoms with Crippen LogP contribution in [0.5, 0.6) is 5.75 Å². The van der Waals surface area contributed by atoms with E-state index in [0.29, 0.717) is 5.69 Å². The van der Waals surface area contributed by atoms with Crippen molar-refractivity contribution < 1.29 is 9.50 Å². The molecule has 0 radical (unpaired) electrons. The predicted octanol–water partition coefficient (Wildman–Crippen LogP) is 2.59. The van der Waals surface area contributed by atoms with E-state index in [9.17, 15) is 9.50 Å².